The Balaban J connectivity index is 0.00000576. The molecule has 1 atom stereocenters. The van der Waals surface area contributed by atoms with Gasteiger partial charge in [0.15, 0.2) is 5.96 Å². The zero-order valence-corrected chi connectivity index (χ0v) is 19.3. The molecule has 1 unspecified atom stereocenters. The van der Waals surface area contributed by atoms with Crippen LogP contribution in [0.1, 0.15) is 40.0 Å². The molecule has 0 bridgehead atoms. The average Bonchev–Trinajstić information content (AvgIpc) is 3.03. The van der Waals surface area contributed by atoms with E-state index in [0.717, 1.165) is 32.0 Å². The van der Waals surface area contributed by atoms with Crippen molar-refractivity contribution in [2.75, 3.05) is 52.1 Å². The number of likely N-dealkylation sites (tertiary alicyclic amines) is 1. The minimum Gasteiger partial charge on any atom is -0.357 e. The summed E-state index contributed by atoms with van der Waals surface area (Å²) in [6, 6.07) is 0.547. The predicted octanol–water partition coefficient (Wildman–Crippen LogP) is 1.32. The molecule has 1 rings (SSSR count). The number of nitrogens with one attached hydrogen (secondary N) is 2. The third kappa shape index (κ3) is 8.87. The van der Waals surface area contributed by atoms with Crippen molar-refractivity contribution in [3.8, 4) is 0 Å². The molecule has 1 saturated heterocycles. The smallest absolute Gasteiger partial charge is 0.213 e. The summed E-state index contributed by atoms with van der Waals surface area (Å²) in [6.45, 7) is 11.0. The normalized spacial score (nSPS) is 19.1. The van der Waals surface area contributed by atoms with E-state index in [4.69, 9.17) is 4.99 Å². The standard InChI is InChI=1S/C16H35N5O2S.HI/c1-5-17-16(19-14-15-10-8-13-21(15)6-2)18-11-9-12-20(4)24(22,23)7-3;/h15H,5-14H2,1-4H3,(H2,17,18,19);1H. The van der Waals surface area contributed by atoms with Gasteiger partial charge in [-0.1, -0.05) is 6.92 Å². The number of nitrogens with zero attached hydrogens (tertiary/aromatic N) is 3. The van der Waals surface area contributed by atoms with Gasteiger partial charge in [0.25, 0.3) is 0 Å². The van der Waals surface area contributed by atoms with Gasteiger partial charge in [0.05, 0.1) is 12.3 Å². The number of sulfonamides is 1. The number of likely N-dealkylation sites (N-methyl/N-ethyl adjacent to an activating group) is 1. The molecular formula is C16H36IN5O2S. The lowest BCUT2D eigenvalue weighted by molar-refractivity contribution is 0.273. The van der Waals surface area contributed by atoms with Crippen LogP contribution >= 0.6 is 24.0 Å². The minimum absolute atomic E-state index is 0. The minimum atomic E-state index is -3.09. The summed E-state index contributed by atoms with van der Waals surface area (Å²) in [5.41, 5.74) is 0. The Labute approximate surface area is 171 Å². The van der Waals surface area contributed by atoms with Gasteiger partial charge in [0.2, 0.25) is 10.0 Å². The largest absolute Gasteiger partial charge is 0.357 e. The summed E-state index contributed by atoms with van der Waals surface area (Å²) in [4.78, 5) is 7.18. The molecule has 1 heterocycles. The molecule has 9 heteroatoms. The van der Waals surface area contributed by atoms with Gasteiger partial charge in [0, 0.05) is 32.7 Å². The first-order valence-electron chi connectivity index (χ1n) is 9.14. The molecule has 25 heavy (non-hydrogen) atoms. The Kier molecular flexibility index (Phi) is 13.0. The second kappa shape index (κ2) is 13.1. The fourth-order valence-corrected chi connectivity index (χ4v) is 3.77. The highest BCUT2D eigenvalue weighted by molar-refractivity contribution is 14.0. The van der Waals surface area contributed by atoms with Gasteiger partial charge in [-0.3, -0.25) is 9.89 Å². The van der Waals surface area contributed by atoms with Crippen molar-refractivity contribution < 1.29 is 8.42 Å². The lowest BCUT2D eigenvalue weighted by atomic mass is 10.2. The Morgan fingerprint density at radius 2 is 2.00 bits per heavy atom. The number of halogens is 1. The summed E-state index contributed by atoms with van der Waals surface area (Å²) < 4.78 is 24.8. The maximum absolute atomic E-state index is 11.7. The fraction of sp³-hybridized carbons (Fsp3) is 0.938. The van der Waals surface area contributed by atoms with Crippen LogP contribution in [0, 0.1) is 0 Å². The second-order valence-corrected chi connectivity index (χ2v) is 8.51. The molecule has 150 valence electrons. The van der Waals surface area contributed by atoms with Crippen molar-refractivity contribution in [2.24, 2.45) is 4.99 Å². The summed E-state index contributed by atoms with van der Waals surface area (Å²) in [5, 5.41) is 6.56. The van der Waals surface area contributed by atoms with E-state index in [1.54, 1.807) is 14.0 Å². The van der Waals surface area contributed by atoms with E-state index in [9.17, 15) is 8.42 Å². The van der Waals surface area contributed by atoms with Crippen LogP contribution in [0.2, 0.25) is 0 Å². The highest BCUT2D eigenvalue weighted by atomic mass is 127. The number of hydrogen-bond donors (Lipinski definition) is 2. The Bertz CT molecular complexity index is 487. The first kappa shape index (κ1) is 24.9. The lowest BCUT2D eigenvalue weighted by Crippen LogP contribution is -2.40. The molecule has 7 nitrogen and oxygen atoms in total. The molecule has 1 aliphatic heterocycles. The molecule has 0 amide bonds. The highest BCUT2D eigenvalue weighted by Gasteiger charge is 2.22. The van der Waals surface area contributed by atoms with Crippen molar-refractivity contribution in [1.29, 1.82) is 0 Å². The maximum Gasteiger partial charge on any atom is 0.213 e. The summed E-state index contributed by atoms with van der Waals surface area (Å²) in [7, 11) is -1.45. The predicted molar refractivity (Wildman–Crippen MR) is 116 cm³/mol. The zero-order valence-electron chi connectivity index (χ0n) is 16.1. The van der Waals surface area contributed by atoms with E-state index >= 15 is 0 Å². The Hall–Kier alpha value is -0.130. The number of rotatable bonds is 10. The lowest BCUT2D eigenvalue weighted by Gasteiger charge is -2.21. The van der Waals surface area contributed by atoms with Crippen LogP contribution in [0.4, 0.5) is 0 Å². The Morgan fingerprint density at radius 1 is 1.28 bits per heavy atom. The van der Waals surface area contributed by atoms with Crippen LogP contribution in [0.25, 0.3) is 0 Å². The monoisotopic (exact) mass is 489 g/mol. The van der Waals surface area contributed by atoms with Crippen LogP contribution in [0.15, 0.2) is 4.99 Å². The third-order valence-electron chi connectivity index (χ3n) is 4.49. The van der Waals surface area contributed by atoms with E-state index in [0.29, 0.717) is 19.1 Å². The molecule has 1 aliphatic rings. The molecule has 1 fully saturated rings. The highest BCUT2D eigenvalue weighted by Crippen LogP contribution is 2.16. The maximum atomic E-state index is 11.7. The Morgan fingerprint density at radius 3 is 2.60 bits per heavy atom. The van der Waals surface area contributed by atoms with E-state index in [2.05, 4.69) is 22.5 Å². The first-order chi connectivity index (χ1) is 11.4. The molecule has 0 aromatic carbocycles. The van der Waals surface area contributed by atoms with E-state index < -0.39 is 10.0 Å². The first-order valence-corrected chi connectivity index (χ1v) is 10.8. The van der Waals surface area contributed by atoms with Crippen LogP contribution in [0.3, 0.4) is 0 Å². The molecule has 0 radical (unpaired) electrons. The molecule has 0 spiro atoms. The molecule has 0 aromatic rings. The van der Waals surface area contributed by atoms with Gasteiger partial charge in [-0.05, 0) is 46.2 Å². The molecule has 0 aliphatic carbocycles. The third-order valence-corrected chi connectivity index (χ3v) is 6.35. The van der Waals surface area contributed by atoms with Gasteiger partial charge >= 0.3 is 0 Å². The van der Waals surface area contributed by atoms with E-state index in [-0.39, 0.29) is 29.7 Å². The molecule has 0 saturated carbocycles. The van der Waals surface area contributed by atoms with Gasteiger partial charge in [-0.25, -0.2) is 12.7 Å². The second-order valence-electron chi connectivity index (χ2n) is 6.15. The average molecular weight is 489 g/mol. The van der Waals surface area contributed by atoms with Crippen molar-refractivity contribution in [2.45, 2.75) is 46.1 Å². The summed E-state index contributed by atoms with van der Waals surface area (Å²) in [6.07, 6.45) is 3.23. The van der Waals surface area contributed by atoms with Crippen LogP contribution in [0.5, 0.6) is 0 Å². The van der Waals surface area contributed by atoms with Gasteiger partial charge in [-0.2, -0.15) is 0 Å². The fourth-order valence-electron chi connectivity index (χ4n) is 2.92. The zero-order chi connectivity index (χ0) is 18.0. The SMILES string of the molecule is CCNC(=NCC1CCCN1CC)NCCCN(C)S(=O)(=O)CC.I. The molecular weight excluding hydrogens is 453 g/mol. The van der Waals surface area contributed by atoms with Crippen molar-refractivity contribution >= 4 is 40.0 Å². The number of hydrogen-bond acceptors (Lipinski definition) is 4. The number of aliphatic imine (C=N–C) groups is 1. The molecule has 2 N–H and O–H groups in total. The van der Waals surface area contributed by atoms with Crippen molar-refractivity contribution in [3.05, 3.63) is 0 Å². The van der Waals surface area contributed by atoms with Crippen LogP contribution in [-0.2, 0) is 10.0 Å². The topological polar surface area (TPSA) is 77.0 Å². The van der Waals surface area contributed by atoms with E-state index in [1.165, 1.54) is 23.7 Å². The van der Waals surface area contributed by atoms with Gasteiger partial charge in [-0.15, -0.1) is 24.0 Å². The summed E-state index contributed by atoms with van der Waals surface area (Å²) >= 11 is 0. The van der Waals surface area contributed by atoms with Crippen LogP contribution in [-0.4, -0.2) is 81.7 Å². The van der Waals surface area contributed by atoms with Gasteiger partial charge < -0.3 is 10.6 Å². The van der Waals surface area contributed by atoms with Crippen LogP contribution < -0.4 is 10.6 Å². The van der Waals surface area contributed by atoms with Crippen molar-refractivity contribution in [1.82, 2.24) is 19.8 Å². The summed E-state index contributed by atoms with van der Waals surface area (Å²) in [5.74, 6) is 0.970. The van der Waals surface area contributed by atoms with Crippen molar-refractivity contribution in [3.63, 3.8) is 0 Å². The molecule has 0 aromatic heterocycles. The number of guanidine groups is 1. The quantitative estimate of drug-likeness (QED) is 0.210. The van der Waals surface area contributed by atoms with E-state index in [1.807, 2.05) is 6.92 Å². The van der Waals surface area contributed by atoms with Gasteiger partial charge in [0.1, 0.15) is 0 Å².